The van der Waals surface area contributed by atoms with Crippen LogP contribution in [0.2, 0.25) is 0 Å². The van der Waals surface area contributed by atoms with Gasteiger partial charge in [0.25, 0.3) is 0 Å². The first-order chi connectivity index (χ1) is 14.1. The first kappa shape index (κ1) is 21.4. The minimum Gasteiger partial charge on any atom is -0.333 e. The summed E-state index contributed by atoms with van der Waals surface area (Å²) in [6.45, 7) is 14.5. The van der Waals surface area contributed by atoms with Crippen molar-refractivity contribution < 1.29 is 4.79 Å². The standard InChI is InChI=1S/C26H39N3O/c1-7-14-24(2,3)22-20(18-11-9-8-10-12-18)17-29(28-22)23(30)27-21-16-19-13-15-26(21,6)25(19,4)5/h8-12,19-21H,7,13-17H2,1-6H3,(H,27,30)/t19?,20?,21-,26?/m0/s1. The molecule has 2 bridgehead atoms. The number of hydrazone groups is 1. The van der Waals surface area contributed by atoms with Crippen molar-refractivity contribution in [2.75, 3.05) is 6.54 Å². The molecule has 3 unspecified atom stereocenters. The summed E-state index contributed by atoms with van der Waals surface area (Å²) >= 11 is 0. The van der Waals surface area contributed by atoms with Crippen molar-refractivity contribution in [3.8, 4) is 0 Å². The normalized spacial score (nSPS) is 32.4. The fourth-order valence-corrected chi connectivity index (χ4v) is 6.58. The number of hydrogen-bond acceptors (Lipinski definition) is 2. The summed E-state index contributed by atoms with van der Waals surface area (Å²) in [5.41, 5.74) is 2.85. The maximum atomic E-state index is 13.3. The van der Waals surface area contributed by atoms with Crippen LogP contribution in [0.4, 0.5) is 4.79 Å². The topological polar surface area (TPSA) is 44.7 Å². The lowest BCUT2D eigenvalue weighted by Crippen LogP contribution is -2.50. The number of benzene rings is 1. The minimum atomic E-state index is -0.0231. The highest BCUT2D eigenvalue weighted by molar-refractivity contribution is 5.98. The molecule has 1 heterocycles. The van der Waals surface area contributed by atoms with E-state index in [0.29, 0.717) is 17.9 Å². The molecule has 4 heteroatoms. The van der Waals surface area contributed by atoms with E-state index in [-0.39, 0.29) is 28.8 Å². The van der Waals surface area contributed by atoms with Gasteiger partial charge in [-0.2, -0.15) is 5.10 Å². The molecule has 2 aliphatic carbocycles. The van der Waals surface area contributed by atoms with Crippen molar-refractivity contribution in [1.82, 2.24) is 10.3 Å². The van der Waals surface area contributed by atoms with E-state index in [4.69, 9.17) is 5.10 Å². The van der Waals surface area contributed by atoms with Gasteiger partial charge < -0.3 is 5.32 Å². The Morgan fingerprint density at radius 2 is 1.93 bits per heavy atom. The Bertz CT molecular complexity index is 828. The summed E-state index contributed by atoms with van der Waals surface area (Å²) in [7, 11) is 0. The highest BCUT2D eigenvalue weighted by Gasteiger charge is 2.61. The third kappa shape index (κ3) is 3.27. The molecule has 1 aromatic rings. The first-order valence-electron chi connectivity index (χ1n) is 11.8. The van der Waals surface area contributed by atoms with Crippen molar-refractivity contribution in [2.45, 2.75) is 85.6 Å². The van der Waals surface area contributed by atoms with E-state index in [1.807, 2.05) is 0 Å². The molecule has 4 nitrogen and oxygen atoms in total. The van der Waals surface area contributed by atoms with Crippen LogP contribution in [-0.4, -0.2) is 29.3 Å². The molecule has 0 radical (unpaired) electrons. The van der Waals surface area contributed by atoms with Crippen LogP contribution >= 0.6 is 0 Å². The Balaban J connectivity index is 1.56. The molecule has 164 valence electrons. The summed E-state index contributed by atoms with van der Waals surface area (Å²) in [5, 5.41) is 10.1. The quantitative estimate of drug-likeness (QED) is 0.619. The molecule has 0 spiro atoms. The fourth-order valence-electron chi connectivity index (χ4n) is 6.58. The SMILES string of the molecule is CCCC(C)(C)C1=NN(C(=O)N[C@H]2CC3CCC2(C)C3(C)C)CC1c1ccccc1. The van der Waals surface area contributed by atoms with E-state index in [1.54, 1.807) is 5.01 Å². The number of amides is 2. The van der Waals surface area contributed by atoms with Crippen LogP contribution in [0.3, 0.4) is 0 Å². The molecule has 2 amide bonds. The summed E-state index contributed by atoms with van der Waals surface area (Å²) in [6, 6.07) is 10.8. The molecule has 1 aliphatic heterocycles. The third-order valence-corrected chi connectivity index (χ3v) is 9.01. The van der Waals surface area contributed by atoms with Crippen molar-refractivity contribution >= 4 is 11.7 Å². The van der Waals surface area contributed by atoms with E-state index in [9.17, 15) is 4.79 Å². The maximum Gasteiger partial charge on any atom is 0.338 e. The smallest absolute Gasteiger partial charge is 0.333 e. The van der Waals surface area contributed by atoms with Gasteiger partial charge in [-0.05, 0) is 48.0 Å². The molecule has 0 saturated heterocycles. The minimum absolute atomic E-state index is 0.0206. The van der Waals surface area contributed by atoms with Gasteiger partial charge in [0, 0.05) is 17.4 Å². The number of hydrogen-bond donors (Lipinski definition) is 1. The summed E-state index contributed by atoms with van der Waals surface area (Å²) in [5.74, 6) is 0.886. The predicted octanol–water partition coefficient (Wildman–Crippen LogP) is 6.19. The van der Waals surface area contributed by atoms with Crippen LogP contribution in [0, 0.1) is 22.2 Å². The van der Waals surface area contributed by atoms with Crippen LogP contribution in [0.15, 0.2) is 35.4 Å². The van der Waals surface area contributed by atoms with E-state index in [2.05, 4.69) is 77.2 Å². The molecule has 2 fully saturated rings. The lowest BCUT2D eigenvalue weighted by atomic mass is 9.69. The molecule has 3 aliphatic rings. The van der Waals surface area contributed by atoms with Crippen molar-refractivity contribution in [1.29, 1.82) is 0 Å². The molecule has 1 aromatic carbocycles. The van der Waals surface area contributed by atoms with Crippen LogP contribution < -0.4 is 5.32 Å². The lowest BCUT2D eigenvalue weighted by Gasteiger charge is -2.39. The average Bonchev–Trinajstić information content (AvgIpc) is 3.30. The highest BCUT2D eigenvalue weighted by atomic mass is 16.2. The number of nitrogens with zero attached hydrogens (tertiary/aromatic N) is 2. The Kier molecular flexibility index (Phi) is 5.27. The Hall–Kier alpha value is -1.84. The lowest BCUT2D eigenvalue weighted by molar-refractivity contribution is 0.118. The van der Waals surface area contributed by atoms with Gasteiger partial charge in [0.15, 0.2) is 0 Å². The fraction of sp³-hybridized carbons (Fsp3) is 0.692. The molecule has 4 rings (SSSR count). The van der Waals surface area contributed by atoms with Gasteiger partial charge >= 0.3 is 6.03 Å². The summed E-state index contributed by atoms with van der Waals surface area (Å²) in [4.78, 5) is 13.3. The molecule has 0 aromatic heterocycles. The van der Waals surface area contributed by atoms with Crippen LogP contribution in [0.5, 0.6) is 0 Å². The second-order valence-electron chi connectivity index (χ2n) is 11.3. The van der Waals surface area contributed by atoms with Gasteiger partial charge in [0.1, 0.15) is 0 Å². The van der Waals surface area contributed by atoms with Crippen LogP contribution in [0.1, 0.15) is 85.1 Å². The van der Waals surface area contributed by atoms with E-state index >= 15 is 0 Å². The highest BCUT2D eigenvalue weighted by Crippen LogP contribution is 2.65. The number of carbonyl (C=O) groups is 1. The predicted molar refractivity (Wildman–Crippen MR) is 124 cm³/mol. The molecular weight excluding hydrogens is 370 g/mol. The maximum absolute atomic E-state index is 13.3. The zero-order valence-corrected chi connectivity index (χ0v) is 19.7. The van der Waals surface area contributed by atoms with Crippen LogP contribution in [-0.2, 0) is 0 Å². The Morgan fingerprint density at radius 3 is 2.50 bits per heavy atom. The second kappa shape index (κ2) is 7.39. The van der Waals surface area contributed by atoms with Gasteiger partial charge in [-0.15, -0.1) is 0 Å². The van der Waals surface area contributed by atoms with Crippen molar-refractivity contribution in [3.05, 3.63) is 35.9 Å². The summed E-state index contributed by atoms with van der Waals surface area (Å²) < 4.78 is 0. The number of urea groups is 1. The van der Waals surface area contributed by atoms with Gasteiger partial charge in [0.05, 0.1) is 12.3 Å². The second-order valence-corrected chi connectivity index (χ2v) is 11.3. The molecular formula is C26H39N3O. The van der Waals surface area contributed by atoms with Crippen LogP contribution in [0.25, 0.3) is 0 Å². The van der Waals surface area contributed by atoms with E-state index < -0.39 is 0 Å². The van der Waals surface area contributed by atoms with Gasteiger partial charge in [-0.25, -0.2) is 9.80 Å². The zero-order valence-electron chi connectivity index (χ0n) is 19.7. The monoisotopic (exact) mass is 409 g/mol. The molecule has 2 saturated carbocycles. The zero-order chi connectivity index (χ0) is 21.7. The Labute approximate surface area is 182 Å². The van der Waals surface area contributed by atoms with Gasteiger partial charge in [-0.3, -0.25) is 0 Å². The molecule has 30 heavy (non-hydrogen) atoms. The van der Waals surface area contributed by atoms with Crippen molar-refractivity contribution in [3.63, 3.8) is 0 Å². The van der Waals surface area contributed by atoms with E-state index in [0.717, 1.165) is 25.0 Å². The number of fused-ring (bicyclic) bond motifs is 2. The van der Waals surface area contributed by atoms with E-state index in [1.165, 1.54) is 18.4 Å². The third-order valence-electron chi connectivity index (χ3n) is 9.01. The first-order valence-corrected chi connectivity index (χ1v) is 11.8. The van der Waals surface area contributed by atoms with Gasteiger partial charge in [0.2, 0.25) is 0 Å². The van der Waals surface area contributed by atoms with Crippen molar-refractivity contribution in [2.24, 2.45) is 27.3 Å². The summed E-state index contributed by atoms with van der Waals surface area (Å²) in [6.07, 6.45) is 5.78. The molecule has 1 N–H and O–H groups in total. The number of nitrogens with one attached hydrogen (secondary N) is 1. The van der Waals surface area contributed by atoms with Gasteiger partial charge in [-0.1, -0.05) is 78.3 Å². The number of rotatable bonds is 5. The largest absolute Gasteiger partial charge is 0.338 e. The molecule has 4 atom stereocenters. The average molecular weight is 410 g/mol. The Morgan fingerprint density at radius 1 is 1.23 bits per heavy atom. The number of carbonyl (C=O) groups excluding carboxylic acids is 1.